The molecule has 9 nitrogen and oxygen atoms in total. The molecule has 1 aromatic heterocycles. The van der Waals surface area contributed by atoms with Gasteiger partial charge >= 0.3 is 0 Å². The van der Waals surface area contributed by atoms with Crippen LogP contribution in [0.3, 0.4) is 0 Å². The third-order valence-corrected chi connectivity index (χ3v) is 4.49. The molecule has 26 heavy (non-hydrogen) atoms. The van der Waals surface area contributed by atoms with Crippen molar-refractivity contribution < 1.29 is 4.79 Å². The molecule has 11 heteroatoms. The second kappa shape index (κ2) is 8.28. The van der Waals surface area contributed by atoms with Crippen LogP contribution >= 0.6 is 23.8 Å². The van der Waals surface area contributed by atoms with Gasteiger partial charge in [0, 0.05) is 13.1 Å². The van der Waals surface area contributed by atoms with Crippen molar-refractivity contribution in [2.45, 2.75) is 25.8 Å². The molecule has 0 spiro atoms. The first-order valence-corrected chi connectivity index (χ1v) is 8.99. The van der Waals surface area contributed by atoms with Crippen LogP contribution in [0.5, 0.6) is 0 Å². The first-order valence-electron chi connectivity index (χ1n) is 8.20. The number of carbonyl (C=O) groups excluding carboxylic acids is 1. The number of amides is 1. The minimum atomic E-state index is -0.644. The Morgan fingerprint density at radius 1 is 1.27 bits per heavy atom. The standard InChI is InChI=1S/C15H19ClN8OS/c1-10(24-21-14(19-22-24)23-8-4-5-9-23)13(25)18-20-15(26)17-12-7-3-2-6-11(12)16/h2-3,6-7,10H,4-5,8-9H2,1H3,(H,18,25)(H2,17,20,26). The molecule has 1 aromatic carbocycles. The molecule has 0 saturated carbocycles. The molecule has 1 aliphatic heterocycles. The monoisotopic (exact) mass is 394 g/mol. The second-order valence-electron chi connectivity index (χ2n) is 5.83. The van der Waals surface area contributed by atoms with Crippen LogP contribution in [0.2, 0.25) is 5.02 Å². The third kappa shape index (κ3) is 4.38. The minimum Gasteiger partial charge on any atom is -0.338 e. The third-order valence-electron chi connectivity index (χ3n) is 3.95. The van der Waals surface area contributed by atoms with Crippen molar-refractivity contribution in [1.29, 1.82) is 0 Å². The summed E-state index contributed by atoms with van der Waals surface area (Å²) >= 11 is 11.2. The molecule has 0 bridgehead atoms. The van der Waals surface area contributed by atoms with Gasteiger partial charge in [-0.05, 0) is 49.3 Å². The van der Waals surface area contributed by atoms with Gasteiger partial charge in [-0.3, -0.25) is 15.6 Å². The fourth-order valence-electron chi connectivity index (χ4n) is 2.47. The number of tetrazole rings is 1. The predicted octanol–water partition coefficient (Wildman–Crippen LogP) is 1.51. The molecule has 1 unspecified atom stereocenters. The van der Waals surface area contributed by atoms with Gasteiger partial charge in [0.05, 0.1) is 10.7 Å². The molecule has 3 rings (SSSR count). The molecule has 3 N–H and O–H groups in total. The molecular weight excluding hydrogens is 376 g/mol. The lowest BCUT2D eigenvalue weighted by Crippen LogP contribution is -2.46. The topological polar surface area (TPSA) is 100 Å². The van der Waals surface area contributed by atoms with Gasteiger partial charge in [-0.25, -0.2) is 0 Å². The summed E-state index contributed by atoms with van der Waals surface area (Å²) in [6.07, 6.45) is 2.23. The van der Waals surface area contributed by atoms with Gasteiger partial charge in [0.25, 0.3) is 11.9 Å². The van der Waals surface area contributed by atoms with Crippen LogP contribution in [0.25, 0.3) is 0 Å². The number of hydrogen-bond acceptors (Lipinski definition) is 6. The lowest BCUT2D eigenvalue weighted by Gasteiger charge is -2.15. The summed E-state index contributed by atoms with van der Waals surface area (Å²) in [5, 5.41) is 15.9. The average Bonchev–Trinajstić information content (AvgIpc) is 3.32. The van der Waals surface area contributed by atoms with Gasteiger partial charge in [-0.2, -0.15) is 0 Å². The van der Waals surface area contributed by atoms with E-state index in [1.54, 1.807) is 19.1 Å². The number of halogens is 1. The number of anilines is 2. The van der Waals surface area contributed by atoms with Gasteiger partial charge in [0.2, 0.25) is 0 Å². The number of hydrazine groups is 1. The molecule has 1 fully saturated rings. The van der Waals surface area contributed by atoms with E-state index >= 15 is 0 Å². The maximum absolute atomic E-state index is 12.3. The van der Waals surface area contributed by atoms with Crippen molar-refractivity contribution >= 4 is 46.5 Å². The van der Waals surface area contributed by atoms with E-state index in [2.05, 4.69) is 36.5 Å². The molecular formula is C15H19ClN8OS. The first kappa shape index (κ1) is 18.3. The smallest absolute Gasteiger partial charge is 0.266 e. The van der Waals surface area contributed by atoms with Crippen LogP contribution in [-0.4, -0.2) is 44.3 Å². The number of carbonyl (C=O) groups is 1. The molecule has 2 aromatic rings. The Morgan fingerprint density at radius 3 is 2.73 bits per heavy atom. The maximum Gasteiger partial charge on any atom is 0.266 e. The molecule has 1 atom stereocenters. The summed E-state index contributed by atoms with van der Waals surface area (Å²) in [5.74, 6) is 0.199. The highest BCUT2D eigenvalue weighted by molar-refractivity contribution is 7.80. The van der Waals surface area contributed by atoms with E-state index in [-0.39, 0.29) is 11.0 Å². The van der Waals surface area contributed by atoms with Crippen molar-refractivity contribution in [2.75, 3.05) is 23.3 Å². The number of rotatable bonds is 4. The molecule has 1 aliphatic rings. The van der Waals surface area contributed by atoms with Crippen molar-refractivity contribution in [1.82, 2.24) is 31.1 Å². The zero-order valence-corrected chi connectivity index (χ0v) is 15.7. The number of aromatic nitrogens is 4. The Balaban J connectivity index is 1.51. The fourth-order valence-corrected chi connectivity index (χ4v) is 2.81. The number of benzene rings is 1. The summed E-state index contributed by atoms with van der Waals surface area (Å²) in [6, 6.07) is 6.51. The Hall–Kier alpha value is -2.46. The van der Waals surface area contributed by atoms with Gasteiger partial charge < -0.3 is 10.2 Å². The van der Waals surface area contributed by atoms with E-state index in [4.69, 9.17) is 23.8 Å². The van der Waals surface area contributed by atoms with Crippen molar-refractivity contribution in [3.63, 3.8) is 0 Å². The van der Waals surface area contributed by atoms with Crippen LogP contribution in [0.1, 0.15) is 25.8 Å². The van der Waals surface area contributed by atoms with Crippen LogP contribution < -0.4 is 21.1 Å². The molecule has 0 radical (unpaired) electrons. The second-order valence-corrected chi connectivity index (χ2v) is 6.64. The average molecular weight is 395 g/mol. The highest BCUT2D eigenvalue weighted by Crippen LogP contribution is 2.20. The van der Waals surface area contributed by atoms with Crippen molar-refractivity contribution in [3.8, 4) is 0 Å². The van der Waals surface area contributed by atoms with Gasteiger partial charge in [0.1, 0.15) is 0 Å². The van der Waals surface area contributed by atoms with E-state index in [0.29, 0.717) is 16.7 Å². The number of nitrogens with zero attached hydrogens (tertiary/aromatic N) is 5. The number of para-hydroxylation sites is 1. The Kier molecular flexibility index (Phi) is 5.84. The lowest BCUT2D eigenvalue weighted by atomic mass is 10.3. The van der Waals surface area contributed by atoms with E-state index < -0.39 is 6.04 Å². The van der Waals surface area contributed by atoms with Crippen LogP contribution in [-0.2, 0) is 4.79 Å². The molecule has 0 aliphatic carbocycles. The Morgan fingerprint density at radius 2 is 2.00 bits per heavy atom. The van der Waals surface area contributed by atoms with E-state index in [1.165, 1.54) is 4.80 Å². The highest BCUT2D eigenvalue weighted by atomic mass is 35.5. The van der Waals surface area contributed by atoms with Crippen molar-refractivity contribution in [2.24, 2.45) is 0 Å². The number of nitrogens with one attached hydrogen (secondary N) is 3. The number of thiocarbonyl (C=S) groups is 1. The van der Waals surface area contributed by atoms with Gasteiger partial charge in [-0.1, -0.05) is 28.8 Å². The molecule has 138 valence electrons. The SMILES string of the molecule is CC(C(=O)NNC(=S)Nc1ccccc1Cl)n1nnc(N2CCCC2)n1. The molecule has 1 amide bonds. The zero-order valence-electron chi connectivity index (χ0n) is 14.1. The highest BCUT2D eigenvalue weighted by Gasteiger charge is 2.22. The Labute approximate surface area is 161 Å². The largest absolute Gasteiger partial charge is 0.338 e. The van der Waals surface area contributed by atoms with Gasteiger partial charge in [-0.15, -0.1) is 9.90 Å². The van der Waals surface area contributed by atoms with Crippen molar-refractivity contribution in [3.05, 3.63) is 29.3 Å². The van der Waals surface area contributed by atoms with E-state index in [9.17, 15) is 4.79 Å². The van der Waals surface area contributed by atoms with E-state index in [1.807, 2.05) is 12.1 Å². The van der Waals surface area contributed by atoms with E-state index in [0.717, 1.165) is 25.9 Å². The summed E-state index contributed by atoms with van der Waals surface area (Å²) in [4.78, 5) is 15.6. The quantitative estimate of drug-likeness (QED) is 0.530. The van der Waals surface area contributed by atoms with Crippen LogP contribution in [0.15, 0.2) is 24.3 Å². The summed E-state index contributed by atoms with van der Waals surface area (Å²) in [5.41, 5.74) is 5.80. The normalized spacial score (nSPS) is 14.8. The lowest BCUT2D eigenvalue weighted by molar-refractivity contribution is -0.125. The number of hydrogen-bond donors (Lipinski definition) is 3. The predicted molar refractivity (Wildman–Crippen MR) is 103 cm³/mol. The molecule has 1 saturated heterocycles. The fraction of sp³-hybridized carbons (Fsp3) is 0.400. The van der Waals surface area contributed by atoms with Crippen LogP contribution in [0.4, 0.5) is 11.6 Å². The molecule has 2 heterocycles. The minimum absolute atomic E-state index is 0.211. The maximum atomic E-state index is 12.3. The first-order chi connectivity index (χ1) is 12.5. The van der Waals surface area contributed by atoms with Crippen LogP contribution in [0, 0.1) is 0 Å². The summed E-state index contributed by atoms with van der Waals surface area (Å²) in [7, 11) is 0. The zero-order chi connectivity index (χ0) is 18.5. The summed E-state index contributed by atoms with van der Waals surface area (Å²) in [6.45, 7) is 3.50. The Bertz CT molecular complexity index is 791. The van der Waals surface area contributed by atoms with Gasteiger partial charge in [0.15, 0.2) is 11.2 Å². The summed E-state index contributed by atoms with van der Waals surface area (Å²) < 4.78 is 0.